The van der Waals surface area contributed by atoms with Crippen LogP contribution in [0.4, 0.5) is 0 Å². The molecule has 0 aromatic carbocycles. The van der Waals surface area contributed by atoms with E-state index in [1.165, 1.54) is 4.31 Å². The number of sulfonamides is 1. The van der Waals surface area contributed by atoms with Crippen molar-refractivity contribution >= 4 is 10.0 Å². The highest BCUT2D eigenvalue weighted by molar-refractivity contribution is 7.89. The van der Waals surface area contributed by atoms with Gasteiger partial charge in [-0.2, -0.15) is 9.40 Å². The zero-order valence-electron chi connectivity index (χ0n) is 12.2. The Bertz CT molecular complexity index is 604. The van der Waals surface area contributed by atoms with Crippen molar-refractivity contribution in [3.05, 3.63) is 22.9 Å². The SMILES string of the molecule is CCNCc1c(S(=O)(=O)N2CCC=C(C)C2)n[nH]c1C. The maximum atomic E-state index is 12.7. The maximum absolute atomic E-state index is 12.7. The first kappa shape index (κ1) is 15.2. The molecule has 7 heteroatoms. The van der Waals surface area contributed by atoms with Gasteiger partial charge in [-0.3, -0.25) is 5.10 Å². The van der Waals surface area contributed by atoms with Gasteiger partial charge >= 0.3 is 0 Å². The number of hydrogen-bond acceptors (Lipinski definition) is 4. The summed E-state index contributed by atoms with van der Waals surface area (Å²) in [5.41, 5.74) is 2.62. The molecule has 1 aromatic heterocycles. The summed E-state index contributed by atoms with van der Waals surface area (Å²) < 4.78 is 26.9. The molecule has 0 spiro atoms. The third-order valence-electron chi connectivity index (χ3n) is 3.47. The minimum atomic E-state index is -3.53. The summed E-state index contributed by atoms with van der Waals surface area (Å²) >= 11 is 0. The average Bonchev–Trinajstić information content (AvgIpc) is 2.78. The number of aryl methyl sites for hydroxylation is 1. The molecule has 0 aliphatic carbocycles. The van der Waals surface area contributed by atoms with Crippen LogP contribution in [0, 0.1) is 6.92 Å². The minimum absolute atomic E-state index is 0.158. The van der Waals surface area contributed by atoms with Crippen LogP contribution in [0.3, 0.4) is 0 Å². The van der Waals surface area contributed by atoms with E-state index in [9.17, 15) is 8.42 Å². The van der Waals surface area contributed by atoms with E-state index >= 15 is 0 Å². The summed E-state index contributed by atoms with van der Waals surface area (Å²) in [6, 6.07) is 0. The summed E-state index contributed by atoms with van der Waals surface area (Å²) in [7, 11) is -3.53. The molecule has 2 N–H and O–H groups in total. The quantitative estimate of drug-likeness (QED) is 0.800. The van der Waals surface area contributed by atoms with E-state index in [0.717, 1.165) is 29.8 Å². The van der Waals surface area contributed by atoms with E-state index in [2.05, 4.69) is 21.6 Å². The van der Waals surface area contributed by atoms with Crippen LogP contribution in [-0.4, -0.2) is 42.6 Å². The smallest absolute Gasteiger partial charge is 0.263 e. The van der Waals surface area contributed by atoms with Crippen LogP contribution in [0.5, 0.6) is 0 Å². The molecule has 0 fully saturated rings. The van der Waals surface area contributed by atoms with Crippen LogP contribution in [0.1, 0.15) is 31.5 Å². The minimum Gasteiger partial charge on any atom is -0.313 e. The Labute approximate surface area is 120 Å². The molecule has 0 saturated carbocycles. The van der Waals surface area contributed by atoms with Crippen LogP contribution in [-0.2, 0) is 16.6 Å². The van der Waals surface area contributed by atoms with Crippen molar-refractivity contribution in [2.75, 3.05) is 19.6 Å². The molecule has 20 heavy (non-hydrogen) atoms. The van der Waals surface area contributed by atoms with Crippen LogP contribution in [0.2, 0.25) is 0 Å². The Morgan fingerprint density at radius 3 is 2.85 bits per heavy atom. The molecular formula is C13H22N4O2S. The van der Waals surface area contributed by atoms with E-state index in [-0.39, 0.29) is 5.03 Å². The molecule has 1 aromatic rings. The lowest BCUT2D eigenvalue weighted by atomic mass is 10.2. The van der Waals surface area contributed by atoms with E-state index < -0.39 is 10.0 Å². The Morgan fingerprint density at radius 1 is 1.45 bits per heavy atom. The Hall–Kier alpha value is -1.18. The van der Waals surface area contributed by atoms with Crippen molar-refractivity contribution in [1.82, 2.24) is 19.8 Å². The lowest BCUT2D eigenvalue weighted by molar-refractivity contribution is 0.424. The van der Waals surface area contributed by atoms with Gasteiger partial charge in [-0.05, 0) is 26.8 Å². The molecule has 2 rings (SSSR count). The number of nitrogens with zero attached hydrogens (tertiary/aromatic N) is 2. The van der Waals surface area contributed by atoms with Crippen molar-refractivity contribution in [2.24, 2.45) is 0 Å². The van der Waals surface area contributed by atoms with Gasteiger partial charge in [0.1, 0.15) is 0 Å². The zero-order valence-corrected chi connectivity index (χ0v) is 13.0. The second kappa shape index (κ2) is 6.07. The number of H-pyrrole nitrogens is 1. The fourth-order valence-corrected chi connectivity index (χ4v) is 3.97. The first-order valence-electron chi connectivity index (χ1n) is 6.87. The molecular weight excluding hydrogens is 276 g/mol. The number of hydrogen-bond donors (Lipinski definition) is 2. The van der Waals surface area contributed by atoms with E-state index in [1.54, 1.807) is 0 Å². The fraction of sp³-hybridized carbons (Fsp3) is 0.615. The molecule has 1 aliphatic rings. The Kier molecular flexibility index (Phi) is 4.62. The fourth-order valence-electron chi connectivity index (χ4n) is 2.31. The summed E-state index contributed by atoms with van der Waals surface area (Å²) in [6.45, 7) is 8.06. The van der Waals surface area contributed by atoms with Crippen molar-refractivity contribution in [1.29, 1.82) is 0 Å². The third kappa shape index (κ3) is 2.94. The molecule has 0 saturated heterocycles. The van der Waals surface area contributed by atoms with Gasteiger partial charge in [-0.15, -0.1) is 0 Å². The topological polar surface area (TPSA) is 78.1 Å². The van der Waals surface area contributed by atoms with Crippen LogP contribution < -0.4 is 5.32 Å². The van der Waals surface area contributed by atoms with E-state index in [4.69, 9.17) is 0 Å². The average molecular weight is 298 g/mol. The molecule has 0 atom stereocenters. The monoisotopic (exact) mass is 298 g/mol. The molecule has 0 radical (unpaired) electrons. The third-order valence-corrected chi connectivity index (χ3v) is 5.29. The molecule has 0 bridgehead atoms. The standard InChI is InChI=1S/C13H22N4O2S/c1-4-14-8-12-11(3)15-16-13(12)20(18,19)17-7-5-6-10(2)9-17/h6,14H,4-5,7-9H2,1-3H3,(H,15,16). The van der Waals surface area contributed by atoms with Gasteiger partial charge in [0.15, 0.2) is 5.03 Å². The second-order valence-corrected chi connectivity index (χ2v) is 6.94. The Balaban J connectivity index is 2.32. The van der Waals surface area contributed by atoms with Gasteiger partial charge in [0, 0.05) is 30.9 Å². The zero-order chi connectivity index (χ0) is 14.8. The highest BCUT2D eigenvalue weighted by Crippen LogP contribution is 2.23. The first-order valence-corrected chi connectivity index (χ1v) is 8.31. The van der Waals surface area contributed by atoms with Gasteiger partial charge in [0.2, 0.25) is 0 Å². The second-order valence-electron chi connectivity index (χ2n) is 5.09. The van der Waals surface area contributed by atoms with E-state index in [1.807, 2.05) is 20.8 Å². The van der Waals surface area contributed by atoms with E-state index in [0.29, 0.717) is 19.6 Å². The summed E-state index contributed by atoms with van der Waals surface area (Å²) in [5.74, 6) is 0. The molecule has 0 amide bonds. The van der Waals surface area contributed by atoms with Gasteiger partial charge in [-0.1, -0.05) is 18.6 Å². The highest BCUT2D eigenvalue weighted by Gasteiger charge is 2.31. The molecule has 0 unspecified atom stereocenters. The number of rotatable bonds is 5. The normalized spacial score (nSPS) is 17.2. The maximum Gasteiger partial charge on any atom is 0.263 e. The van der Waals surface area contributed by atoms with Crippen LogP contribution in [0.15, 0.2) is 16.7 Å². The summed E-state index contributed by atoms with van der Waals surface area (Å²) in [5, 5.41) is 10.1. The summed E-state index contributed by atoms with van der Waals surface area (Å²) in [6.07, 6.45) is 2.85. The molecule has 2 heterocycles. The van der Waals surface area contributed by atoms with Gasteiger partial charge in [0.05, 0.1) is 0 Å². The Morgan fingerprint density at radius 2 is 2.20 bits per heavy atom. The predicted octanol–water partition coefficient (Wildman–Crippen LogP) is 1.17. The van der Waals surface area contributed by atoms with Crippen molar-refractivity contribution in [3.63, 3.8) is 0 Å². The van der Waals surface area contributed by atoms with Crippen molar-refractivity contribution in [3.8, 4) is 0 Å². The lowest BCUT2D eigenvalue weighted by Gasteiger charge is -2.24. The van der Waals surface area contributed by atoms with Gasteiger partial charge in [0.25, 0.3) is 10.0 Å². The van der Waals surface area contributed by atoms with Crippen LogP contribution in [0.25, 0.3) is 0 Å². The highest BCUT2D eigenvalue weighted by atomic mass is 32.2. The van der Waals surface area contributed by atoms with Crippen molar-refractivity contribution in [2.45, 2.75) is 38.8 Å². The first-order chi connectivity index (χ1) is 9.46. The van der Waals surface area contributed by atoms with Crippen LogP contribution >= 0.6 is 0 Å². The number of aromatic nitrogens is 2. The number of aromatic amines is 1. The molecule has 6 nitrogen and oxygen atoms in total. The predicted molar refractivity (Wildman–Crippen MR) is 77.8 cm³/mol. The molecule has 1 aliphatic heterocycles. The lowest BCUT2D eigenvalue weighted by Crippen LogP contribution is -2.36. The summed E-state index contributed by atoms with van der Waals surface area (Å²) in [4.78, 5) is 0. The largest absolute Gasteiger partial charge is 0.313 e. The van der Waals surface area contributed by atoms with Crippen molar-refractivity contribution < 1.29 is 8.42 Å². The molecule has 112 valence electrons. The number of nitrogens with one attached hydrogen (secondary N) is 2. The van der Waals surface area contributed by atoms with Gasteiger partial charge in [-0.25, -0.2) is 8.42 Å². The van der Waals surface area contributed by atoms with Gasteiger partial charge < -0.3 is 5.32 Å².